The summed E-state index contributed by atoms with van der Waals surface area (Å²) in [6.07, 6.45) is 1.92. The quantitative estimate of drug-likeness (QED) is 0.421. The first-order chi connectivity index (χ1) is 10.7. The molecule has 0 fully saturated rings. The average molecular weight is 288 g/mol. The Labute approximate surface area is 126 Å². The van der Waals surface area contributed by atoms with Gasteiger partial charge in [0, 0.05) is 23.2 Å². The molecule has 0 atom stereocenters. The summed E-state index contributed by atoms with van der Waals surface area (Å²) in [7, 11) is 0. The zero-order chi connectivity index (χ0) is 15.1. The molecule has 4 heteroatoms. The molecule has 22 heavy (non-hydrogen) atoms. The minimum Gasteiger partial charge on any atom is -0.361 e. The van der Waals surface area contributed by atoms with Gasteiger partial charge in [-0.25, -0.2) is 0 Å². The number of nitro groups is 1. The smallest absolute Gasteiger partial charge is 0.277 e. The maximum absolute atomic E-state index is 11.2. The van der Waals surface area contributed by atoms with Crippen LogP contribution in [0.25, 0.3) is 32.8 Å². The number of H-pyrrole nitrogens is 1. The Morgan fingerprint density at radius 1 is 0.909 bits per heavy atom. The summed E-state index contributed by atoms with van der Waals surface area (Å²) in [5, 5.41) is 14.6. The number of hydrogen-bond donors (Lipinski definition) is 1. The van der Waals surface area contributed by atoms with Gasteiger partial charge in [-0.05, 0) is 40.6 Å². The summed E-state index contributed by atoms with van der Waals surface area (Å²) < 4.78 is 0. The standard InChI is InChI=1S/C18H12N2O2/c21-20(22)18-4-2-1-3-15(18)13-5-7-14-12(11-13)6-8-17-16(14)9-10-19-17/h1-11,19H. The second kappa shape index (κ2) is 4.70. The monoisotopic (exact) mass is 288 g/mol. The molecular formula is C18H12N2O2. The Balaban J connectivity index is 1.97. The largest absolute Gasteiger partial charge is 0.361 e. The van der Waals surface area contributed by atoms with Crippen molar-refractivity contribution >= 4 is 27.4 Å². The lowest BCUT2D eigenvalue weighted by atomic mass is 9.98. The van der Waals surface area contributed by atoms with Crippen LogP contribution in [0.5, 0.6) is 0 Å². The minimum atomic E-state index is -0.338. The van der Waals surface area contributed by atoms with E-state index in [1.807, 2.05) is 48.7 Å². The number of nitrogens with one attached hydrogen (secondary N) is 1. The predicted octanol–water partition coefficient (Wildman–Crippen LogP) is 4.90. The van der Waals surface area contributed by atoms with Gasteiger partial charge in [-0.2, -0.15) is 0 Å². The van der Waals surface area contributed by atoms with Crippen molar-refractivity contribution < 1.29 is 4.92 Å². The van der Waals surface area contributed by atoms with E-state index in [4.69, 9.17) is 0 Å². The lowest BCUT2D eigenvalue weighted by Crippen LogP contribution is -1.91. The average Bonchev–Trinajstić information content (AvgIpc) is 3.03. The first-order valence-corrected chi connectivity index (χ1v) is 6.98. The molecule has 1 aromatic heterocycles. The number of nitro benzene ring substituents is 1. The summed E-state index contributed by atoms with van der Waals surface area (Å²) in [6, 6.07) is 18.9. The molecule has 0 aliphatic heterocycles. The van der Waals surface area contributed by atoms with Crippen molar-refractivity contribution in [3.05, 3.63) is 77.0 Å². The molecule has 106 valence electrons. The van der Waals surface area contributed by atoms with E-state index in [1.54, 1.807) is 12.1 Å². The highest BCUT2D eigenvalue weighted by molar-refractivity contribution is 6.07. The van der Waals surface area contributed by atoms with Crippen molar-refractivity contribution in [1.82, 2.24) is 4.98 Å². The summed E-state index contributed by atoms with van der Waals surface area (Å²) >= 11 is 0. The van der Waals surface area contributed by atoms with E-state index in [9.17, 15) is 10.1 Å². The molecule has 0 aliphatic rings. The summed E-state index contributed by atoms with van der Waals surface area (Å²) in [5.41, 5.74) is 2.72. The van der Waals surface area contributed by atoms with Crippen LogP contribution in [0.3, 0.4) is 0 Å². The number of benzene rings is 3. The second-order valence-corrected chi connectivity index (χ2v) is 5.21. The predicted molar refractivity (Wildman–Crippen MR) is 87.9 cm³/mol. The lowest BCUT2D eigenvalue weighted by Gasteiger charge is -2.06. The van der Waals surface area contributed by atoms with Crippen LogP contribution in [0.1, 0.15) is 0 Å². The van der Waals surface area contributed by atoms with Crippen molar-refractivity contribution in [2.24, 2.45) is 0 Å². The van der Waals surface area contributed by atoms with Crippen molar-refractivity contribution in [3.8, 4) is 11.1 Å². The van der Waals surface area contributed by atoms with E-state index in [0.717, 1.165) is 27.2 Å². The number of hydrogen-bond acceptors (Lipinski definition) is 2. The second-order valence-electron chi connectivity index (χ2n) is 5.21. The summed E-state index contributed by atoms with van der Waals surface area (Å²) in [5.74, 6) is 0. The molecule has 0 unspecified atom stereocenters. The topological polar surface area (TPSA) is 58.9 Å². The van der Waals surface area contributed by atoms with Gasteiger partial charge in [0.2, 0.25) is 0 Å². The molecule has 0 radical (unpaired) electrons. The highest BCUT2D eigenvalue weighted by Gasteiger charge is 2.14. The van der Waals surface area contributed by atoms with E-state index in [0.29, 0.717) is 5.56 Å². The van der Waals surface area contributed by atoms with Crippen molar-refractivity contribution in [2.75, 3.05) is 0 Å². The van der Waals surface area contributed by atoms with Gasteiger partial charge < -0.3 is 4.98 Å². The molecule has 1 N–H and O–H groups in total. The van der Waals surface area contributed by atoms with E-state index < -0.39 is 0 Å². The van der Waals surface area contributed by atoms with Gasteiger partial charge in [0.25, 0.3) is 5.69 Å². The number of rotatable bonds is 2. The normalized spacial score (nSPS) is 11.1. The maximum Gasteiger partial charge on any atom is 0.277 e. The lowest BCUT2D eigenvalue weighted by molar-refractivity contribution is -0.384. The number of nitrogens with zero attached hydrogens (tertiary/aromatic N) is 1. The van der Waals surface area contributed by atoms with E-state index in [-0.39, 0.29) is 10.6 Å². The first kappa shape index (κ1) is 12.6. The van der Waals surface area contributed by atoms with Crippen LogP contribution in [0.2, 0.25) is 0 Å². The third-order valence-electron chi connectivity index (χ3n) is 3.96. The highest BCUT2D eigenvalue weighted by atomic mass is 16.6. The zero-order valence-electron chi connectivity index (χ0n) is 11.6. The molecule has 0 spiro atoms. The molecular weight excluding hydrogens is 276 g/mol. The molecule has 3 aromatic carbocycles. The molecule has 4 aromatic rings. The van der Waals surface area contributed by atoms with Crippen LogP contribution < -0.4 is 0 Å². The Bertz CT molecular complexity index is 1020. The number of fused-ring (bicyclic) bond motifs is 3. The van der Waals surface area contributed by atoms with Crippen LogP contribution in [0, 0.1) is 10.1 Å². The molecule has 1 heterocycles. The Kier molecular flexibility index (Phi) is 2.69. The minimum absolute atomic E-state index is 0.129. The highest BCUT2D eigenvalue weighted by Crippen LogP contribution is 2.33. The van der Waals surface area contributed by atoms with Gasteiger partial charge in [-0.15, -0.1) is 0 Å². The van der Waals surface area contributed by atoms with E-state index >= 15 is 0 Å². The molecule has 4 nitrogen and oxygen atoms in total. The fourth-order valence-corrected chi connectivity index (χ4v) is 2.92. The molecule has 0 amide bonds. The van der Waals surface area contributed by atoms with Crippen LogP contribution in [-0.4, -0.2) is 9.91 Å². The zero-order valence-corrected chi connectivity index (χ0v) is 11.6. The first-order valence-electron chi connectivity index (χ1n) is 6.98. The van der Waals surface area contributed by atoms with Gasteiger partial charge in [-0.3, -0.25) is 10.1 Å². The molecule has 0 aliphatic carbocycles. The van der Waals surface area contributed by atoms with Gasteiger partial charge in [0.1, 0.15) is 0 Å². The summed E-state index contributed by atoms with van der Waals surface area (Å²) in [4.78, 5) is 14.1. The van der Waals surface area contributed by atoms with E-state index in [1.165, 1.54) is 6.07 Å². The molecule has 0 saturated heterocycles. The van der Waals surface area contributed by atoms with Gasteiger partial charge >= 0.3 is 0 Å². The molecule has 0 bridgehead atoms. The van der Waals surface area contributed by atoms with Crippen LogP contribution >= 0.6 is 0 Å². The van der Waals surface area contributed by atoms with Crippen molar-refractivity contribution in [3.63, 3.8) is 0 Å². The Hall–Kier alpha value is -3.14. The SMILES string of the molecule is O=[N+]([O-])c1ccccc1-c1ccc2c(ccc3[nH]ccc32)c1. The van der Waals surface area contributed by atoms with Gasteiger partial charge in [-0.1, -0.05) is 30.3 Å². The summed E-state index contributed by atoms with van der Waals surface area (Å²) in [6.45, 7) is 0. The molecule has 0 saturated carbocycles. The Morgan fingerprint density at radius 2 is 1.77 bits per heavy atom. The van der Waals surface area contributed by atoms with Crippen molar-refractivity contribution in [2.45, 2.75) is 0 Å². The number of aromatic nitrogens is 1. The number of aromatic amines is 1. The van der Waals surface area contributed by atoms with Crippen LogP contribution in [0.15, 0.2) is 66.9 Å². The fourth-order valence-electron chi connectivity index (χ4n) is 2.92. The molecule has 4 rings (SSSR count). The third kappa shape index (κ3) is 1.85. The Morgan fingerprint density at radius 3 is 2.64 bits per heavy atom. The van der Waals surface area contributed by atoms with E-state index in [2.05, 4.69) is 4.98 Å². The van der Waals surface area contributed by atoms with Gasteiger partial charge in [0.15, 0.2) is 0 Å². The third-order valence-corrected chi connectivity index (χ3v) is 3.96. The van der Waals surface area contributed by atoms with Crippen LogP contribution in [0.4, 0.5) is 5.69 Å². The van der Waals surface area contributed by atoms with Gasteiger partial charge in [0.05, 0.1) is 10.5 Å². The number of para-hydroxylation sites is 1. The fraction of sp³-hybridized carbons (Fsp3) is 0. The van der Waals surface area contributed by atoms with Crippen molar-refractivity contribution in [1.29, 1.82) is 0 Å². The maximum atomic E-state index is 11.2. The van der Waals surface area contributed by atoms with Crippen LogP contribution in [-0.2, 0) is 0 Å².